The molecule has 0 bridgehead atoms. The van der Waals surface area contributed by atoms with Crippen molar-refractivity contribution in [3.63, 3.8) is 0 Å². The van der Waals surface area contributed by atoms with Crippen LogP contribution in [0.3, 0.4) is 0 Å². The first-order valence-electron chi connectivity index (χ1n) is 8.68. The monoisotopic (exact) mass is 326 g/mol. The summed E-state index contributed by atoms with van der Waals surface area (Å²) in [5.41, 5.74) is 5.32. The minimum absolute atomic E-state index is 0.0418. The highest BCUT2D eigenvalue weighted by Crippen LogP contribution is 2.29. The van der Waals surface area contributed by atoms with Crippen LogP contribution in [0.2, 0.25) is 0 Å². The van der Waals surface area contributed by atoms with Crippen molar-refractivity contribution in [2.75, 3.05) is 11.9 Å². The molecule has 0 saturated carbocycles. The first kappa shape index (κ1) is 18.3. The minimum atomic E-state index is 0.0418. The zero-order valence-electron chi connectivity index (χ0n) is 16.0. The Morgan fingerprint density at radius 1 is 1.17 bits per heavy atom. The molecule has 0 radical (unpaired) electrons. The molecular formula is C21H30N2O. The fourth-order valence-corrected chi connectivity index (χ4v) is 3.42. The first-order valence-corrected chi connectivity index (χ1v) is 8.68. The number of rotatable bonds is 5. The fraction of sp³-hybridized carbons (Fsp3) is 0.476. The van der Waals surface area contributed by atoms with E-state index in [4.69, 9.17) is 0 Å². The average Bonchev–Trinajstić information content (AvgIpc) is 2.79. The van der Waals surface area contributed by atoms with Crippen LogP contribution in [0.5, 0.6) is 0 Å². The van der Waals surface area contributed by atoms with E-state index in [2.05, 4.69) is 57.5 Å². The Labute approximate surface area is 146 Å². The number of para-hydroxylation sites is 1. The number of aromatic nitrogens is 1. The van der Waals surface area contributed by atoms with E-state index in [1.165, 1.54) is 5.56 Å². The topological polar surface area (TPSA) is 34.0 Å². The van der Waals surface area contributed by atoms with Gasteiger partial charge in [0.2, 0.25) is 0 Å². The number of ketones is 1. The Balaban J connectivity index is 2.20. The molecule has 24 heavy (non-hydrogen) atoms. The lowest BCUT2D eigenvalue weighted by Crippen LogP contribution is -2.19. The van der Waals surface area contributed by atoms with Crippen LogP contribution in [-0.2, 0) is 5.41 Å². The van der Waals surface area contributed by atoms with Crippen molar-refractivity contribution in [1.82, 2.24) is 4.57 Å². The molecule has 2 rings (SSSR count). The Hall–Kier alpha value is -2.03. The van der Waals surface area contributed by atoms with E-state index < -0.39 is 0 Å². The van der Waals surface area contributed by atoms with Gasteiger partial charge in [-0.1, -0.05) is 39.0 Å². The van der Waals surface area contributed by atoms with Gasteiger partial charge < -0.3 is 9.88 Å². The molecule has 1 heterocycles. The van der Waals surface area contributed by atoms with E-state index in [0.29, 0.717) is 12.6 Å². The summed E-state index contributed by atoms with van der Waals surface area (Å²) in [5.74, 6) is 0.138. The number of benzene rings is 1. The maximum atomic E-state index is 12.7. The average molecular weight is 326 g/mol. The summed E-state index contributed by atoms with van der Waals surface area (Å²) in [6.45, 7) is 15.3. The molecule has 1 aromatic carbocycles. The number of hydrogen-bond acceptors (Lipinski definition) is 2. The van der Waals surface area contributed by atoms with Gasteiger partial charge in [-0.2, -0.15) is 0 Å². The van der Waals surface area contributed by atoms with Crippen molar-refractivity contribution in [3.05, 3.63) is 52.8 Å². The highest BCUT2D eigenvalue weighted by Gasteiger charge is 2.20. The summed E-state index contributed by atoms with van der Waals surface area (Å²) >= 11 is 0. The maximum absolute atomic E-state index is 12.7. The van der Waals surface area contributed by atoms with Crippen molar-refractivity contribution in [2.45, 2.75) is 59.9 Å². The number of aryl methyl sites for hydroxylation is 1. The van der Waals surface area contributed by atoms with Gasteiger partial charge in [0.15, 0.2) is 5.78 Å². The highest BCUT2D eigenvalue weighted by atomic mass is 16.1. The Morgan fingerprint density at radius 2 is 1.79 bits per heavy atom. The molecule has 0 aliphatic carbocycles. The molecule has 0 unspecified atom stereocenters. The number of hydrogen-bond donors (Lipinski definition) is 1. The summed E-state index contributed by atoms with van der Waals surface area (Å²) in [6.07, 6.45) is 0. The van der Waals surface area contributed by atoms with Crippen LogP contribution in [0.1, 0.15) is 68.0 Å². The van der Waals surface area contributed by atoms with Crippen LogP contribution in [0.4, 0.5) is 5.69 Å². The molecule has 3 heteroatoms. The molecular weight excluding hydrogens is 296 g/mol. The SMILES string of the molecule is Cc1cc(C(=O)CNc2ccccc2C(C)(C)C)c(C)n1C(C)C. The third-order valence-electron chi connectivity index (χ3n) is 4.48. The minimum Gasteiger partial charge on any atom is -0.377 e. The van der Waals surface area contributed by atoms with Crippen molar-refractivity contribution in [1.29, 1.82) is 0 Å². The lowest BCUT2D eigenvalue weighted by molar-refractivity contribution is 0.101. The van der Waals surface area contributed by atoms with E-state index >= 15 is 0 Å². The number of nitrogens with one attached hydrogen (secondary N) is 1. The molecule has 0 atom stereocenters. The van der Waals surface area contributed by atoms with Crippen molar-refractivity contribution in [3.8, 4) is 0 Å². The predicted molar refractivity (Wildman–Crippen MR) is 102 cm³/mol. The van der Waals surface area contributed by atoms with Gasteiger partial charge in [-0.25, -0.2) is 0 Å². The molecule has 1 aromatic heterocycles. The van der Waals surface area contributed by atoms with Gasteiger partial charge in [-0.05, 0) is 50.8 Å². The van der Waals surface area contributed by atoms with Crippen LogP contribution < -0.4 is 5.32 Å². The number of nitrogens with zero attached hydrogens (tertiary/aromatic N) is 1. The summed E-state index contributed by atoms with van der Waals surface area (Å²) in [7, 11) is 0. The largest absolute Gasteiger partial charge is 0.377 e. The molecule has 0 saturated heterocycles. The fourth-order valence-electron chi connectivity index (χ4n) is 3.42. The lowest BCUT2D eigenvalue weighted by atomic mass is 9.86. The molecule has 0 aliphatic heterocycles. The van der Waals surface area contributed by atoms with Crippen LogP contribution in [0.25, 0.3) is 0 Å². The van der Waals surface area contributed by atoms with E-state index in [9.17, 15) is 4.79 Å². The van der Waals surface area contributed by atoms with Crippen LogP contribution in [0, 0.1) is 13.8 Å². The number of anilines is 1. The second-order valence-corrected chi connectivity index (χ2v) is 7.82. The number of carbonyl (C=O) groups is 1. The van der Waals surface area contributed by atoms with Crippen LogP contribution >= 0.6 is 0 Å². The molecule has 0 aliphatic rings. The quantitative estimate of drug-likeness (QED) is 0.759. The predicted octanol–water partition coefficient (Wildman–Crippen LogP) is 5.28. The number of carbonyl (C=O) groups excluding carboxylic acids is 1. The standard InChI is InChI=1S/C21H30N2O/c1-14(2)23-15(3)12-17(16(23)4)20(24)13-22-19-11-9-8-10-18(19)21(5,6)7/h8-12,14,22H,13H2,1-7H3. The molecule has 0 amide bonds. The Kier molecular flexibility index (Phi) is 5.22. The van der Waals surface area contributed by atoms with Crippen LogP contribution in [0.15, 0.2) is 30.3 Å². The zero-order chi connectivity index (χ0) is 18.1. The van der Waals surface area contributed by atoms with Crippen LogP contribution in [-0.4, -0.2) is 16.9 Å². The van der Waals surface area contributed by atoms with E-state index in [0.717, 1.165) is 22.6 Å². The maximum Gasteiger partial charge on any atom is 0.183 e. The van der Waals surface area contributed by atoms with E-state index in [1.807, 2.05) is 31.2 Å². The third kappa shape index (κ3) is 3.72. The van der Waals surface area contributed by atoms with Gasteiger partial charge in [-0.3, -0.25) is 4.79 Å². The Bertz CT molecular complexity index is 733. The normalized spacial score (nSPS) is 11.8. The molecule has 2 aromatic rings. The molecule has 1 N–H and O–H groups in total. The summed E-state index contributed by atoms with van der Waals surface area (Å²) in [6, 6.07) is 10.6. The number of Topliss-reactive ketones (excluding diaryl/α,β-unsaturated/α-hetero) is 1. The van der Waals surface area contributed by atoms with Crippen molar-refractivity contribution < 1.29 is 4.79 Å². The van der Waals surface area contributed by atoms with Gasteiger partial charge in [0.1, 0.15) is 0 Å². The van der Waals surface area contributed by atoms with E-state index in [1.54, 1.807) is 0 Å². The van der Waals surface area contributed by atoms with Gasteiger partial charge in [0, 0.05) is 28.7 Å². The summed E-state index contributed by atoms with van der Waals surface area (Å²) < 4.78 is 2.22. The van der Waals surface area contributed by atoms with E-state index in [-0.39, 0.29) is 11.2 Å². The van der Waals surface area contributed by atoms with Crippen molar-refractivity contribution >= 4 is 11.5 Å². The van der Waals surface area contributed by atoms with Gasteiger partial charge >= 0.3 is 0 Å². The highest BCUT2D eigenvalue weighted by molar-refractivity contribution is 6.00. The summed E-state index contributed by atoms with van der Waals surface area (Å²) in [5, 5.41) is 3.34. The lowest BCUT2D eigenvalue weighted by Gasteiger charge is -2.23. The first-order chi connectivity index (χ1) is 11.1. The molecule has 130 valence electrons. The zero-order valence-corrected chi connectivity index (χ0v) is 16.0. The third-order valence-corrected chi connectivity index (χ3v) is 4.48. The molecule has 3 nitrogen and oxygen atoms in total. The van der Waals surface area contributed by atoms with Crippen molar-refractivity contribution in [2.24, 2.45) is 0 Å². The molecule has 0 spiro atoms. The second kappa shape index (κ2) is 6.84. The molecule has 0 fully saturated rings. The van der Waals surface area contributed by atoms with Gasteiger partial charge in [-0.15, -0.1) is 0 Å². The van der Waals surface area contributed by atoms with Gasteiger partial charge in [0.25, 0.3) is 0 Å². The van der Waals surface area contributed by atoms with Gasteiger partial charge in [0.05, 0.1) is 6.54 Å². The smallest absolute Gasteiger partial charge is 0.183 e. The second-order valence-electron chi connectivity index (χ2n) is 7.82. The Morgan fingerprint density at radius 3 is 2.33 bits per heavy atom. The summed E-state index contributed by atoms with van der Waals surface area (Å²) in [4.78, 5) is 12.7.